The number of ether oxygens (including phenoxy) is 3. The third-order valence-electron chi connectivity index (χ3n) is 8.22. The molecule has 0 unspecified atom stereocenters. The van der Waals surface area contributed by atoms with Gasteiger partial charge in [0.25, 0.3) is 5.56 Å². The molecule has 9 heteroatoms. The lowest BCUT2D eigenvalue weighted by molar-refractivity contribution is -0.139. The average molecular weight is 618 g/mol. The molecule has 5 aromatic rings. The molecule has 0 amide bonds. The molecule has 0 fully saturated rings. The van der Waals surface area contributed by atoms with Crippen LogP contribution in [0.1, 0.15) is 42.4 Å². The van der Waals surface area contributed by atoms with Gasteiger partial charge in [-0.1, -0.05) is 59.9 Å². The number of carbonyl (C=O) groups is 1. The number of esters is 1. The number of fused-ring (bicyclic) bond motifs is 2. The van der Waals surface area contributed by atoms with Gasteiger partial charge in [-0.2, -0.15) is 0 Å². The fourth-order valence-corrected chi connectivity index (χ4v) is 7.13. The molecule has 45 heavy (non-hydrogen) atoms. The predicted molar refractivity (Wildman–Crippen MR) is 174 cm³/mol. The third-order valence-corrected chi connectivity index (χ3v) is 9.20. The summed E-state index contributed by atoms with van der Waals surface area (Å²) in [5.74, 6) is 0.684. The monoisotopic (exact) mass is 617 g/mol. The van der Waals surface area contributed by atoms with Crippen LogP contribution < -0.4 is 24.4 Å². The van der Waals surface area contributed by atoms with Crippen LogP contribution in [0.4, 0.5) is 0 Å². The fraction of sp³-hybridized carbons (Fsp3) is 0.194. The summed E-state index contributed by atoms with van der Waals surface area (Å²) in [6, 6.07) is 25.6. The zero-order chi connectivity index (χ0) is 31.2. The minimum atomic E-state index is -0.729. The van der Waals surface area contributed by atoms with E-state index < -0.39 is 12.0 Å². The normalized spacial score (nSPS) is 15.6. The average Bonchev–Trinajstić information content (AvgIpc) is 3.72. The zero-order valence-corrected chi connectivity index (χ0v) is 26.2. The molecule has 0 N–H and O–H groups in total. The van der Waals surface area contributed by atoms with Crippen LogP contribution in [-0.4, -0.2) is 28.5 Å². The van der Waals surface area contributed by atoms with Crippen molar-refractivity contribution in [2.45, 2.75) is 33.7 Å². The smallest absolute Gasteiger partial charge is 0.338 e. The Morgan fingerprint density at radius 1 is 0.978 bits per heavy atom. The summed E-state index contributed by atoms with van der Waals surface area (Å²) < 4.78 is 20.9. The first-order chi connectivity index (χ1) is 21.8. The Hall–Kier alpha value is -5.15. The summed E-state index contributed by atoms with van der Waals surface area (Å²) in [5, 5.41) is 0. The summed E-state index contributed by atoms with van der Waals surface area (Å²) in [4.78, 5) is 32.6. The molecule has 8 nitrogen and oxygen atoms in total. The number of hydrogen-bond donors (Lipinski definition) is 0. The molecule has 0 radical (unpaired) electrons. The lowest BCUT2D eigenvalue weighted by Gasteiger charge is -2.24. The number of hydrogen-bond acceptors (Lipinski definition) is 7. The summed E-state index contributed by atoms with van der Waals surface area (Å²) in [5.41, 5.74) is 7.69. The second-order valence-corrected chi connectivity index (χ2v) is 12.0. The van der Waals surface area contributed by atoms with E-state index in [-0.39, 0.29) is 19.0 Å². The van der Waals surface area contributed by atoms with E-state index in [1.165, 1.54) is 16.9 Å². The molecule has 3 aromatic carbocycles. The Morgan fingerprint density at radius 3 is 2.47 bits per heavy atom. The first kappa shape index (κ1) is 28.6. The van der Waals surface area contributed by atoms with Gasteiger partial charge in [0.05, 0.1) is 28.5 Å². The van der Waals surface area contributed by atoms with Gasteiger partial charge < -0.3 is 18.8 Å². The minimum Gasteiger partial charge on any atom is -0.463 e. The SMILES string of the molecule is CCOC(=O)C1=C(C)N=c2s/c(=C/c3cc(C)n(-c4ccc(-c5ccccc5)cc4)c3C)c(=O)n2[C@H]1c1ccc2c(c1)OCO2. The Morgan fingerprint density at radius 2 is 1.71 bits per heavy atom. The Bertz CT molecular complexity index is 2170. The van der Waals surface area contributed by atoms with E-state index in [1.54, 1.807) is 24.5 Å². The zero-order valence-electron chi connectivity index (χ0n) is 25.4. The van der Waals surface area contributed by atoms with Gasteiger partial charge in [0.15, 0.2) is 16.3 Å². The van der Waals surface area contributed by atoms with Crippen molar-refractivity contribution in [3.63, 3.8) is 0 Å². The second-order valence-electron chi connectivity index (χ2n) is 11.0. The lowest BCUT2D eigenvalue weighted by atomic mass is 9.95. The maximum atomic E-state index is 14.2. The number of rotatable bonds is 6. The van der Waals surface area contributed by atoms with Crippen LogP contribution in [0.5, 0.6) is 11.5 Å². The van der Waals surface area contributed by atoms with Gasteiger partial charge in [0.1, 0.15) is 0 Å². The Labute approximate surface area is 263 Å². The van der Waals surface area contributed by atoms with Crippen molar-refractivity contribution in [3.8, 4) is 28.3 Å². The van der Waals surface area contributed by atoms with Crippen LogP contribution in [-0.2, 0) is 9.53 Å². The molecular formula is C36H31N3O5S. The Kier molecular flexibility index (Phi) is 7.25. The molecule has 1 atom stereocenters. The molecule has 226 valence electrons. The van der Waals surface area contributed by atoms with Gasteiger partial charge in [-0.25, -0.2) is 9.79 Å². The molecule has 0 aliphatic carbocycles. The van der Waals surface area contributed by atoms with Gasteiger partial charge in [0, 0.05) is 17.1 Å². The highest BCUT2D eigenvalue weighted by atomic mass is 32.1. The molecule has 0 saturated carbocycles. The highest BCUT2D eigenvalue weighted by Crippen LogP contribution is 2.38. The van der Waals surface area contributed by atoms with Crippen molar-refractivity contribution in [1.82, 2.24) is 9.13 Å². The standard InChI is InChI=1S/C36H31N3O5S/c1-5-42-35(41)32-22(3)37-36-39(33(32)26-13-16-29-30(18-26)44-20-43-29)34(40)31(45-36)19-27-17-21(2)38(23(27)4)28-14-11-25(12-15-28)24-9-7-6-8-10-24/h6-19,33H,5,20H2,1-4H3/b31-19+/t33-/m0/s1. The number of thiazole rings is 1. The summed E-state index contributed by atoms with van der Waals surface area (Å²) in [6.07, 6.45) is 1.92. The van der Waals surface area contributed by atoms with Crippen LogP contribution in [0.25, 0.3) is 22.9 Å². The third kappa shape index (κ3) is 4.99. The highest BCUT2D eigenvalue weighted by molar-refractivity contribution is 7.07. The number of benzene rings is 3. The van der Waals surface area contributed by atoms with Crippen molar-refractivity contribution in [3.05, 3.63) is 132 Å². The molecule has 0 saturated heterocycles. The van der Waals surface area contributed by atoms with E-state index in [9.17, 15) is 9.59 Å². The number of carbonyl (C=O) groups excluding carboxylic acids is 1. The van der Waals surface area contributed by atoms with Crippen molar-refractivity contribution in [2.24, 2.45) is 4.99 Å². The van der Waals surface area contributed by atoms with Gasteiger partial charge in [-0.3, -0.25) is 9.36 Å². The first-order valence-corrected chi connectivity index (χ1v) is 15.6. The maximum Gasteiger partial charge on any atom is 0.338 e. The number of nitrogens with zero attached hydrogens (tertiary/aromatic N) is 3. The van der Waals surface area contributed by atoms with Crippen LogP contribution in [0.15, 0.2) is 99.9 Å². The molecule has 2 aliphatic rings. The van der Waals surface area contributed by atoms with Gasteiger partial charge in [-0.15, -0.1) is 0 Å². The second kappa shape index (κ2) is 11.4. The number of aryl methyl sites for hydroxylation is 1. The van der Waals surface area contributed by atoms with E-state index in [2.05, 4.69) is 60.9 Å². The van der Waals surface area contributed by atoms with E-state index >= 15 is 0 Å². The molecule has 2 aromatic heterocycles. The molecule has 0 spiro atoms. The van der Waals surface area contributed by atoms with E-state index in [0.717, 1.165) is 28.2 Å². The number of aromatic nitrogens is 2. The van der Waals surface area contributed by atoms with Crippen molar-refractivity contribution >= 4 is 23.4 Å². The van der Waals surface area contributed by atoms with Crippen LogP contribution in [0.2, 0.25) is 0 Å². The van der Waals surface area contributed by atoms with Gasteiger partial charge in [-0.05, 0) is 86.4 Å². The quantitative estimate of drug-likeness (QED) is 0.232. The van der Waals surface area contributed by atoms with Crippen LogP contribution >= 0.6 is 11.3 Å². The Balaban J connectivity index is 1.32. The molecule has 4 heterocycles. The van der Waals surface area contributed by atoms with Gasteiger partial charge in [0.2, 0.25) is 6.79 Å². The summed E-state index contributed by atoms with van der Waals surface area (Å²) >= 11 is 1.31. The molecular weight excluding hydrogens is 586 g/mol. The van der Waals surface area contributed by atoms with Crippen LogP contribution in [0, 0.1) is 13.8 Å². The summed E-state index contributed by atoms with van der Waals surface area (Å²) in [7, 11) is 0. The van der Waals surface area contributed by atoms with Gasteiger partial charge >= 0.3 is 5.97 Å². The fourth-order valence-electron chi connectivity index (χ4n) is 6.10. The van der Waals surface area contributed by atoms with Crippen LogP contribution in [0.3, 0.4) is 0 Å². The summed E-state index contributed by atoms with van der Waals surface area (Å²) in [6.45, 7) is 7.98. The van der Waals surface area contributed by atoms with E-state index in [0.29, 0.717) is 37.7 Å². The topological polar surface area (TPSA) is 84.1 Å². The lowest BCUT2D eigenvalue weighted by Crippen LogP contribution is -2.39. The molecule has 0 bridgehead atoms. The van der Waals surface area contributed by atoms with Crippen molar-refractivity contribution < 1.29 is 19.0 Å². The maximum absolute atomic E-state index is 14.2. The predicted octanol–water partition coefficient (Wildman–Crippen LogP) is 5.60. The minimum absolute atomic E-state index is 0.122. The van der Waals surface area contributed by atoms with Crippen molar-refractivity contribution in [1.29, 1.82) is 0 Å². The number of allylic oxidation sites excluding steroid dienone is 1. The first-order valence-electron chi connectivity index (χ1n) is 14.8. The van der Waals surface area contributed by atoms with E-state index in [4.69, 9.17) is 19.2 Å². The molecule has 2 aliphatic heterocycles. The molecule has 7 rings (SSSR count). The van der Waals surface area contributed by atoms with E-state index in [1.807, 2.05) is 36.4 Å². The van der Waals surface area contributed by atoms with Crippen molar-refractivity contribution in [2.75, 3.05) is 13.4 Å². The largest absolute Gasteiger partial charge is 0.463 e. The highest BCUT2D eigenvalue weighted by Gasteiger charge is 2.34.